The molecule has 0 radical (unpaired) electrons. The Balaban J connectivity index is 2.60. The molecule has 2 N–H and O–H groups in total. The van der Waals surface area contributed by atoms with Crippen LogP contribution in [-0.2, 0) is 9.53 Å². The summed E-state index contributed by atoms with van der Waals surface area (Å²) in [5, 5.41) is 0. The first kappa shape index (κ1) is 17.4. The van der Waals surface area contributed by atoms with Gasteiger partial charge in [-0.1, -0.05) is 19.8 Å². The maximum Gasteiger partial charge on any atom is 0.326 e. The third kappa shape index (κ3) is 4.45. The Kier molecular flexibility index (Phi) is 6.96. The molecule has 0 aromatic carbocycles. The molecule has 4 heteroatoms. The van der Waals surface area contributed by atoms with E-state index in [9.17, 15) is 4.79 Å². The Labute approximate surface area is 124 Å². The highest BCUT2D eigenvalue weighted by Gasteiger charge is 2.45. The van der Waals surface area contributed by atoms with Crippen molar-refractivity contribution >= 4 is 5.97 Å². The second kappa shape index (κ2) is 7.99. The zero-order valence-electron chi connectivity index (χ0n) is 13.7. The SMILES string of the molecule is CCCCCN(C(C)C)C1CCC(N)(C(=O)OCC)C1. The monoisotopic (exact) mass is 284 g/mol. The molecule has 1 fully saturated rings. The molecule has 0 aromatic rings. The topological polar surface area (TPSA) is 55.6 Å². The van der Waals surface area contributed by atoms with Gasteiger partial charge in [-0.25, -0.2) is 0 Å². The van der Waals surface area contributed by atoms with E-state index in [-0.39, 0.29) is 5.97 Å². The van der Waals surface area contributed by atoms with Gasteiger partial charge in [0.05, 0.1) is 6.61 Å². The standard InChI is InChI=1S/C16H32N2O2/c1-5-7-8-11-18(13(3)4)14-9-10-16(17,12-14)15(19)20-6-2/h13-14H,5-12,17H2,1-4H3. The highest BCUT2D eigenvalue weighted by molar-refractivity contribution is 5.81. The van der Waals surface area contributed by atoms with E-state index < -0.39 is 5.54 Å². The van der Waals surface area contributed by atoms with Crippen LogP contribution in [0.15, 0.2) is 0 Å². The lowest BCUT2D eigenvalue weighted by Gasteiger charge is -2.33. The molecular formula is C16H32N2O2. The van der Waals surface area contributed by atoms with E-state index in [1.165, 1.54) is 19.3 Å². The molecule has 0 saturated heterocycles. The molecule has 1 rings (SSSR count). The van der Waals surface area contributed by atoms with Crippen molar-refractivity contribution in [3.63, 3.8) is 0 Å². The summed E-state index contributed by atoms with van der Waals surface area (Å²) in [5.74, 6) is -0.222. The van der Waals surface area contributed by atoms with Crippen LogP contribution in [-0.4, -0.2) is 41.6 Å². The van der Waals surface area contributed by atoms with Crippen molar-refractivity contribution in [3.05, 3.63) is 0 Å². The fourth-order valence-electron chi connectivity index (χ4n) is 3.20. The molecule has 0 amide bonds. The Morgan fingerprint density at radius 2 is 2.10 bits per heavy atom. The van der Waals surface area contributed by atoms with Crippen molar-refractivity contribution in [1.82, 2.24) is 4.90 Å². The number of rotatable bonds is 8. The van der Waals surface area contributed by atoms with Crippen molar-refractivity contribution in [1.29, 1.82) is 0 Å². The predicted molar refractivity (Wildman–Crippen MR) is 82.6 cm³/mol. The zero-order chi connectivity index (χ0) is 15.2. The van der Waals surface area contributed by atoms with Gasteiger partial charge in [0.15, 0.2) is 0 Å². The lowest BCUT2D eigenvalue weighted by atomic mass is 9.98. The summed E-state index contributed by atoms with van der Waals surface area (Å²) in [6.45, 7) is 10.0. The zero-order valence-corrected chi connectivity index (χ0v) is 13.7. The van der Waals surface area contributed by atoms with Gasteiger partial charge in [0.25, 0.3) is 0 Å². The third-order valence-electron chi connectivity index (χ3n) is 4.36. The van der Waals surface area contributed by atoms with Gasteiger partial charge < -0.3 is 10.5 Å². The maximum absolute atomic E-state index is 12.0. The van der Waals surface area contributed by atoms with E-state index in [1.54, 1.807) is 0 Å². The number of carbonyl (C=O) groups excluding carboxylic acids is 1. The number of carbonyl (C=O) groups is 1. The Morgan fingerprint density at radius 3 is 2.65 bits per heavy atom. The molecule has 0 heterocycles. The number of esters is 1. The smallest absolute Gasteiger partial charge is 0.326 e. The highest BCUT2D eigenvalue weighted by atomic mass is 16.5. The second-order valence-corrected chi connectivity index (χ2v) is 6.31. The van der Waals surface area contributed by atoms with Crippen LogP contribution in [0.3, 0.4) is 0 Å². The second-order valence-electron chi connectivity index (χ2n) is 6.31. The summed E-state index contributed by atoms with van der Waals surface area (Å²) < 4.78 is 5.13. The van der Waals surface area contributed by atoms with Crippen molar-refractivity contribution in [2.75, 3.05) is 13.2 Å². The Morgan fingerprint density at radius 1 is 1.40 bits per heavy atom. The first-order valence-corrected chi connectivity index (χ1v) is 8.16. The molecule has 1 aliphatic carbocycles. The highest BCUT2D eigenvalue weighted by Crippen LogP contribution is 2.33. The van der Waals surface area contributed by atoms with Gasteiger partial charge in [0, 0.05) is 12.1 Å². The molecule has 1 saturated carbocycles. The predicted octanol–water partition coefficient (Wildman–Crippen LogP) is 2.70. The molecule has 2 atom stereocenters. The van der Waals surface area contributed by atoms with Gasteiger partial charge in [-0.2, -0.15) is 0 Å². The van der Waals surface area contributed by atoms with Crippen LogP contribution >= 0.6 is 0 Å². The summed E-state index contributed by atoms with van der Waals surface area (Å²) in [5.41, 5.74) is 5.51. The summed E-state index contributed by atoms with van der Waals surface area (Å²) in [6, 6.07) is 0.919. The fraction of sp³-hybridized carbons (Fsp3) is 0.938. The van der Waals surface area contributed by atoms with Crippen molar-refractivity contribution in [3.8, 4) is 0 Å². The molecule has 0 spiro atoms. The van der Waals surface area contributed by atoms with Gasteiger partial charge in [0.1, 0.15) is 5.54 Å². The van der Waals surface area contributed by atoms with Crippen molar-refractivity contribution < 1.29 is 9.53 Å². The quantitative estimate of drug-likeness (QED) is 0.550. The fourth-order valence-corrected chi connectivity index (χ4v) is 3.20. The minimum atomic E-state index is -0.765. The molecular weight excluding hydrogens is 252 g/mol. The van der Waals surface area contributed by atoms with E-state index >= 15 is 0 Å². The van der Waals surface area contributed by atoms with Gasteiger partial charge in [-0.15, -0.1) is 0 Å². The molecule has 4 nitrogen and oxygen atoms in total. The Bertz CT molecular complexity index is 307. The molecule has 118 valence electrons. The van der Waals surface area contributed by atoms with Crippen LogP contribution in [0, 0.1) is 0 Å². The average molecular weight is 284 g/mol. The van der Waals surface area contributed by atoms with Gasteiger partial charge in [0.2, 0.25) is 0 Å². The average Bonchev–Trinajstić information content (AvgIpc) is 2.78. The first-order chi connectivity index (χ1) is 9.44. The van der Waals surface area contributed by atoms with Gasteiger partial charge in [-0.05, 0) is 53.0 Å². The van der Waals surface area contributed by atoms with Gasteiger partial charge in [-0.3, -0.25) is 9.69 Å². The molecule has 20 heavy (non-hydrogen) atoms. The minimum absolute atomic E-state index is 0.222. The molecule has 0 bridgehead atoms. The van der Waals surface area contributed by atoms with Crippen molar-refractivity contribution in [2.45, 2.75) is 83.8 Å². The number of hydrogen-bond acceptors (Lipinski definition) is 4. The van der Waals surface area contributed by atoms with Gasteiger partial charge >= 0.3 is 5.97 Å². The van der Waals surface area contributed by atoms with Crippen LogP contribution < -0.4 is 5.73 Å². The number of unbranched alkanes of at least 4 members (excludes halogenated alkanes) is 2. The van der Waals surface area contributed by atoms with Crippen LogP contribution in [0.5, 0.6) is 0 Å². The number of ether oxygens (including phenoxy) is 1. The largest absolute Gasteiger partial charge is 0.465 e. The van der Waals surface area contributed by atoms with E-state index in [2.05, 4.69) is 25.7 Å². The van der Waals surface area contributed by atoms with Crippen LogP contribution in [0.2, 0.25) is 0 Å². The number of nitrogens with two attached hydrogens (primary N) is 1. The lowest BCUT2D eigenvalue weighted by molar-refractivity contribution is -0.149. The summed E-state index contributed by atoms with van der Waals surface area (Å²) in [7, 11) is 0. The van der Waals surface area contributed by atoms with Crippen LogP contribution in [0.1, 0.15) is 66.2 Å². The Hall–Kier alpha value is -0.610. The van der Waals surface area contributed by atoms with Crippen molar-refractivity contribution in [2.24, 2.45) is 5.73 Å². The lowest BCUT2D eigenvalue weighted by Crippen LogP contribution is -2.49. The minimum Gasteiger partial charge on any atom is -0.465 e. The first-order valence-electron chi connectivity index (χ1n) is 8.16. The molecule has 2 unspecified atom stereocenters. The van der Waals surface area contributed by atoms with E-state index in [4.69, 9.17) is 10.5 Å². The summed E-state index contributed by atoms with van der Waals surface area (Å²) >= 11 is 0. The number of hydrogen-bond donors (Lipinski definition) is 1. The van der Waals surface area contributed by atoms with E-state index in [0.717, 1.165) is 25.8 Å². The van der Waals surface area contributed by atoms with Crippen LogP contribution in [0.25, 0.3) is 0 Å². The molecule has 0 aliphatic heterocycles. The normalized spacial score (nSPS) is 26.4. The third-order valence-corrected chi connectivity index (χ3v) is 4.36. The summed E-state index contributed by atoms with van der Waals surface area (Å²) in [6.07, 6.45) is 6.20. The summed E-state index contributed by atoms with van der Waals surface area (Å²) in [4.78, 5) is 14.5. The molecule has 1 aliphatic rings. The van der Waals surface area contributed by atoms with E-state index in [0.29, 0.717) is 18.7 Å². The molecule has 0 aromatic heterocycles. The van der Waals surface area contributed by atoms with E-state index in [1.807, 2.05) is 6.92 Å². The maximum atomic E-state index is 12.0. The number of nitrogens with zero attached hydrogens (tertiary/aromatic N) is 1. The van der Waals surface area contributed by atoms with Crippen LogP contribution in [0.4, 0.5) is 0 Å².